The molecule has 2 heterocycles. The third kappa shape index (κ3) is 4.36. The summed E-state index contributed by atoms with van der Waals surface area (Å²) in [5.74, 6) is 0. The fourth-order valence-corrected chi connectivity index (χ4v) is 4.88. The predicted molar refractivity (Wildman–Crippen MR) is 103 cm³/mol. The van der Waals surface area contributed by atoms with Crippen LogP contribution >= 0.6 is 0 Å². The highest BCUT2D eigenvalue weighted by atomic mass is 32.2. The molecule has 1 aromatic heterocycles. The van der Waals surface area contributed by atoms with Crippen molar-refractivity contribution >= 4 is 26.9 Å². The highest BCUT2D eigenvalue weighted by Crippen LogP contribution is 2.26. The molecule has 0 radical (unpaired) electrons. The molecule has 0 aliphatic carbocycles. The van der Waals surface area contributed by atoms with Gasteiger partial charge in [0.15, 0.2) is 0 Å². The van der Waals surface area contributed by atoms with E-state index in [1.165, 1.54) is 16.7 Å². The molecule has 2 aromatic rings. The summed E-state index contributed by atoms with van der Waals surface area (Å²) in [5.41, 5.74) is -0.596. The van der Waals surface area contributed by atoms with Gasteiger partial charge in [-0.25, -0.2) is 13.2 Å². The van der Waals surface area contributed by atoms with Crippen LogP contribution in [0.3, 0.4) is 0 Å². The number of amides is 1. The first-order valence-electron chi connectivity index (χ1n) is 9.19. The lowest BCUT2D eigenvalue weighted by molar-refractivity contribution is -0.904. The molecular formula is C19H26N3O5S+. The average molecular weight is 409 g/mol. The Morgan fingerprint density at radius 2 is 1.89 bits per heavy atom. The lowest BCUT2D eigenvalue weighted by Gasteiger charge is -2.26. The monoisotopic (exact) mass is 408 g/mol. The summed E-state index contributed by atoms with van der Waals surface area (Å²) in [6.07, 6.45) is 2.96. The summed E-state index contributed by atoms with van der Waals surface area (Å²) < 4.78 is 34.2. The molecule has 1 saturated heterocycles. The van der Waals surface area contributed by atoms with Gasteiger partial charge >= 0.3 is 6.09 Å². The number of fused-ring (bicyclic) bond motifs is 1. The first-order valence-corrected chi connectivity index (χ1v) is 10.6. The molecule has 1 amide bonds. The van der Waals surface area contributed by atoms with Crippen LogP contribution in [0.15, 0.2) is 41.6 Å². The van der Waals surface area contributed by atoms with Crippen LogP contribution in [0.5, 0.6) is 0 Å². The number of hydrogen-bond acceptors (Lipinski definition) is 5. The molecule has 1 aliphatic heterocycles. The molecule has 0 unspecified atom stereocenters. The summed E-state index contributed by atoms with van der Waals surface area (Å²) in [6.45, 7) is 6.65. The van der Waals surface area contributed by atoms with Gasteiger partial charge in [-0.15, -0.1) is 0 Å². The quantitative estimate of drug-likeness (QED) is 0.606. The number of rotatable bonds is 2. The SMILES string of the molecule is CC(C)(C)OC(=O)N1CCCN(S(=O)(=O)c2cccc3c[n+](O)ccc23)CC1. The molecule has 1 aliphatic rings. The second kappa shape index (κ2) is 7.56. The zero-order valence-electron chi connectivity index (χ0n) is 16.3. The highest BCUT2D eigenvalue weighted by Gasteiger charge is 2.31. The first kappa shape index (κ1) is 20.3. The van der Waals surface area contributed by atoms with E-state index in [2.05, 4.69) is 0 Å². The van der Waals surface area contributed by atoms with Gasteiger partial charge in [0.2, 0.25) is 22.4 Å². The molecule has 3 rings (SSSR count). The Morgan fingerprint density at radius 1 is 1.14 bits per heavy atom. The molecule has 9 heteroatoms. The fraction of sp³-hybridized carbons (Fsp3) is 0.474. The van der Waals surface area contributed by atoms with Crippen LogP contribution < -0.4 is 4.73 Å². The molecular weight excluding hydrogens is 382 g/mol. The summed E-state index contributed by atoms with van der Waals surface area (Å²) in [4.78, 5) is 14.1. The average Bonchev–Trinajstić information content (AvgIpc) is 2.86. The van der Waals surface area contributed by atoms with Crippen LogP contribution in [0.1, 0.15) is 27.2 Å². The van der Waals surface area contributed by atoms with Gasteiger partial charge in [-0.2, -0.15) is 4.31 Å². The minimum absolute atomic E-state index is 0.191. The summed E-state index contributed by atoms with van der Waals surface area (Å²) >= 11 is 0. The molecule has 1 aromatic carbocycles. The van der Waals surface area contributed by atoms with Crippen LogP contribution in [-0.4, -0.2) is 60.7 Å². The largest absolute Gasteiger partial charge is 0.444 e. The fourth-order valence-electron chi connectivity index (χ4n) is 3.20. The van der Waals surface area contributed by atoms with E-state index < -0.39 is 21.7 Å². The van der Waals surface area contributed by atoms with Gasteiger partial charge in [-0.3, -0.25) is 5.21 Å². The molecule has 1 fully saturated rings. The molecule has 0 bridgehead atoms. The van der Waals surface area contributed by atoms with Crippen molar-refractivity contribution in [2.45, 2.75) is 37.7 Å². The Balaban J connectivity index is 1.83. The Labute approximate surface area is 164 Å². The number of pyridine rings is 1. The number of carbonyl (C=O) groups excluding carboxylic acids is 1. The van der Waals surface area contributed by atoms with Crippen molar-refractivity contribution in [3.8, 4) is 0 Å². The molecule has 8 nitrogen and oxygen atoms in total. The van der Waals surface area contributed by atoms with Crippen molar-refractivity contribution in [3.63, 3.8) is 0 Å². The number of aromatic nitrogens is 1. The standard InChI is InChI=1S/C19H26N3O5S/c1-19(2,3)27-18(23)20-9-5-10-22(13-12-20)28(25,26)17-7-4-6-15-14-21(24)11-8-16(15)17/h4,6-8,11,14,24H,5,9-10,12-13H2,1-3H3/q+1. The number of benzene rings is 1. The third-order valence-corrected chi connectivity index (χ3v) is 6.45. The van der Waals surface area contributed by atoms with Crippen LogP contribution in [0.2, 0.25) is 0 Å². The van der Waals surface area contributed by atoms with Gasteiger partial charge in [-0.05, 0) is 39.3 Å². The number of carbonyl (C=O) groups is 1. The number of sulfonamides is 1. The van der Waals surface area contributed by atoms with Crippen LogP contribution in [0.4, 0.5) is 4.79 Å². The predicted octanol–water partition coefficient (Wildman–Crippen LogP) is 2.00. The Kier molecular flexibility index (Phi) is 5.49. The van der Waals surface area contributed by atoms with Gasteiger partial charge in [0.1, 0.15) is 5.60 Å². The Hall–Kier alpha value is -2.39. The Bertz CT molecular complexity index is 985. The highest BCUT2D eigenvalue weighted by molar-refractivity contribution is 7.89. The van der Waals surface area contributed by atoms with E-state index in [4.69, 9.17) is 4.74 Å². The van der Waals surface area contributed by atoms with E-state index in [1.807, 2.05) is 0 Å². The lowest BCUT2D eigenvalue weighted by atomic mass is 10.2. The lowest BCUT2D eigenvalue weighted by Crippen LogP contribution is -2.40. The van der Waals surface area contributed by atoms with Crippen LogP contribution in [-0.2, 0) is 14.8 Å². The van der Waals surface area contributed by atoms with E-state index in [-0.39, 0.29) is 18.0 Å². The molecule has 1 N–H and O–H groups in total. The zero-order chi connectivity index (χ0) is 20.5. The minimum Gasteiger partial charge on any atom is -0.444 e. The molecule has 0 spiro atoms. The zero-order valence-corrected chi connectivity index (χ0v) is 17.1. The second-order valence-corrected chi connectivity index (χ2v) is 9.72. The van der Waals surface area contributed by atoms with Crippen molar-refractivity contribution in [3.05, 3.63) is 36.7 Å². The summed E-state index contributed by atoms with van der Waals surface area (Å²) in [6, 6.07) is 6.54. The third-order valence-electron chi connectivity index (χ3n) is 4.49. The molecule has 0 atom stereocenters. The summed E-state index contributed by atoms with van der Waals surface area (Å²) in [5, 5.41) is 10.7. The van der Waals surface area contributed by atoms with Crippen molar-refractivity contribution in [2.75, 3.05) is 26.2 Å². The van der Waals surface area contributed by atoms with Gasteiger partial charge in [0.05, 0.1) is 10.3 Å². The number of nitrogens with zero attached hydrogens (tertiary/aromatic N) is 3. The normalized spacial score (nSPS) is 16.8. The maximum atomic E-state index is 13.3. The van der Waals surface area contributed by atoms with E-state index >= 15 is 0 Å². The van der Waals surface area contributed by atoms with E-state index in [1.54, 1.807) is 49.9 Å². The second-order valence-electron chi connectivity index (χ2n) is 7.81. The minimum atomic E-state index is -3.75. The van der Waals surface area contributed by atoms with Gasteiger partial charge in [0.25, 0.3) is 0 Å². The van der Waals surface area contributed by atoms with Gasteiger partial charge in [0, 0.05) is 42.4 Å². The molecule has 28 heavy (non-hydrogen) atoms. The number of ether oxygens (including phenoxy) is 1. The maximum absolute atomic E-state index is 13.3. The van der Waals surface area contributed by atoms with E-state index in [0.29, 0.717) is 30.3 Å². The van der Waals surface area contributed by atoms with E-state index in [0.717, 1.165) is 4.73 Å². The van der Waals surface area contributed by atoms with Crippen molar-refractivity contribution in [2.24, 2.45) is 0 Å². The van der Waals surface area contributed by atoms with Crippen molar-refractivity contribution < 1.29 is 27.9 Å². The van der Waals surface area contributed by atoms with Gasteiger partial charge in [-0.1, -0.05) is 6.07 Å². The van der Waals surface area contributed by atoms with Crippen molar-refractivity contribution in [1.29, 1.82) is 0 Å². The van der Waals surface area contributed by atoms with E-state index in [9.17, 15) is 18.4 Å². The van der Waals surface area contributed by atoms with Crippen LogP contribution in [0.25, 0.3) is 10.8 Å². The maximum Gasteiger partial charge on any atom is 0.410 e. The summed E-state index contributed by atoms with van der Waals surface area (Å²) in [7, 11) is -3.75. The van der Waals surface area contributed by atoms with Gasteiger partial charge < -0.3 is 9.64 Å². The molecule has 152 valence electrons. The van der Waals surface area contributed by atoms with Crippen LogP contribution in [0, 0.1) is 0 Å². The Morgan fingerprint density at radius 3 is 2.61 bits per heavy atom. The topological polar surface area (TPSA) is 91.0 Å². The first-order chi connectivity index (χ1) is 13.1. The number of hydrogen-bond donors (Lipinski definition) is 1. The van der Waals surface area contributed by atoms with Crippen molar-refractivity contribution in [1.82, 2.24) is 9.21 Å². The molecule has 0 saturated carbocycles. The smallest absolute Gasteiger partial charge is 0.410 e.